The van der Waals surface area contributed by atoms with E-state index in [0.717, 1.165) is 44.9 Å². The van der Waals surface area contributed by atoms with Crippen LogP contribution < -0.4 is 10.6 Å². The minimum absolute atomic E-state index is 0.208. The molecule has 1 aromatic rings. The highest BCUT2D eigenvalue weighted by atomic mass is 16.6. The Morgan fingerprint density at radius 3 is 2.77 bits per heavy atom. The number of carbonyl (C=O) groups excluding carboxylic acids is 1. The van der Waals surface area contributed by atoms with Crippen LogP contribution in [0, 0.1) is 6.92 Å². The summed E-state index contributed by atoms with van der Waals surface area (Å²) in [4.78, 5) is 18.2. The first kappa shape index (κ1) is 20.1. The molecule has 0 unspecified atom stereocenters. The number of hydrogen-bond acceptors (Lipinski definition) is 4. The van der Waals surface area contributed by atoms with E-state index in [1.54, 1.807) is 4.90 Å². The molecule has 0 aromatic carbocycles. The third kappa shape index (κ3) is 6.57. The third-order valence-electron chi connectivity index (χ3n) is 4.28. The lowest BCUT2D eigenvalue weighted by Crippen LogP contribution is -2.49. The lowest BCUT2D eigenvalue weighted by atomic mass is 10.1. The van der Waals surface area contributed by atoms with Gasteiger partial charge in [0.1, 0.15) is 0 Å². The van der Waals surface area contributed by atoms with E-state index in [2.05, 4.69) is 27.6 Å². The van der Waals surface area contributed by atoms with Crippen LogP contribution in [0.25, 0.3) is 0 Å². The van der Waals surface area contributed by atoms with Crippen molar-refractivity contribution in [1.29, 1.82) is 0 Å². The summed E-state index contributed by atoms with van der Waals surface area (Å²) in [6, 6.07) is 0.326. The smallest absolute Gasteiger partial charge is 0.409 e. The van der Waals surface area contributed by atoms with Crippen molar-refractivity contribution in [2.45, 2.75) is 52.6 Å². The number of likely N-dealkylation sites (tertiary alicyclic amines) is 1. The molecule has 2 N–H and O–H groups in total. The fourth-order valence-electron chi connectivity index (χ4n) is 2.95. The Labute approximate surface area is 156 Å². The second kappa shape index (κ2) is 10.7. The second-order valence-corrected chi connectivity index (χ2v) is 6.50. The van der Waals surface area contributed by atoms with Crippen LogP contribution in [-0.4, -0.2) is 65.6 Å². The molecular weight excluding hydrogens is 332 g/mol. The molecule has 26 heavy (non-hydrogen) atoms. The number of hydrogen-bond donors (Lipinski definition) is 2. The first-order valence-corrected chi connectivity index (χ1v) is 9.58. The molecule has 146 valence electrons. The van der Waals surface area contributed by atoms with Gasteiger partial charge in [-0.05, 0) is 45.6 Å². The van der Waals surface area contributed by atoms with Gasteiger partial charge in [0.2, 0.25) is 0 Å². The Hall–Kier alpha value is -2.25. The summed E-state index contributed by atoms with van der Waals surface area (Å²) in [5, 5.41) is 11.1. The molecule has 0 radical (unpaired) electrons. The zero-order valence-electron chi connectivity index (χ0n) is 16.2. The Balaban J connectivity index is 1.74. The van der Waals surface area contributed by atoms with Crippen LogP contribution in [0.1, 0.15) is 38.7 Å². The maximum Gasteiger partial charge on any atom is 0.409 e. The van der Waals surface area contributed by atoms with Gasteiger partial charge in [0.25, 0.3) is 0 Å². The predicted molar refractivity (Wildman–Crippen MR) is 102 cm³/mol. The fraction of sp³-hybridized carbons (Fsp3) is 0.722. The Morgan fingerprint density at radius 2 is 2.15 bits per heavy atom. The first-order chi connectivity index (χ1) is 12.6. The van der Waals surface area contributed by atoms with Crippen molar-refractivity contribution in [3.8, 4) is 0 Å². The summed E-state index contributed by atoms with van der Waals surface area (Å²) in [6.45, 7) is 10.2. The second-order valence-electron chi connectivity index (χ2n) is 6.50. The summed E-state index contributed by atoms with van der Waals surface area (Å²) in [5.41, 5.74) is 1.18. The predicted octanol–water partition coefficient (Wildman–Crippen LogP) is 1.76. The standard InChI is InChI=1S/C18H32N6O2/c1-4-19-17(20-9-6-10-24-14-15(3)13-21-24)22-16-7-11-23(12-8-16)18(25)26-5-2/h13-14,16H,4-12H2,1-3H3,(H2,19,20,22). The van der Waals surface area contributed by atoms with Crippen LogP contribution >= 0.6 is 0 Å². The molecule has 2 heterocycles. The summed E-state index contributed by atoms with van der Waals surface area (Å²) >= 11 is 0. The monoisotopic (exact) mass is 364 g/mol. The van der Waals surface area contributed by atoms with Gasteiger partial charge in [-0.15, -0.1) is 0 Å². The molecule has 1 aromatic heterocycles. The van der Waals surface area contributed by atoms with E-state index in [1.807, 2.05) is 30.9 Å². The molecule has 1 fully saturated rings. The molecule has 0 saturated carbocycles. The SMILES string of the molecule is CCNC(=NCCCn1cc(C)cn1)NC1CCN(C(=O)OCC)CC1. The van der Waals surface area contributed by atoms with Gasteiger partial charge in [-0.3, -0.25) is 9.67 Å². The van der Waals surface area contributed by atoms with E-state index >= 15 is 0 Å². The first-order valence-electron chi connectivity index (χ1n) is 9.58. The topological polar surface area (TPSA) is 83.8 Å². The van der Waals surface area contributed by atoms with Gasteiger partial charge < -0.3 is 20.3 Å². The Bertz CT molecular complexity index is 578. The highest BCUT2D eigenvalue weighted by Gasteiger charge is 2.23. The number of rotatable bonds is 7. The van der Waals surface area contributed by atoms with Gasteiger partial charge in [0, 0.05) is 45.0 Å². The quantitative estimate of drug-likeness (QED) is 0.438. The van der Waals surface area contributed by atoms with E-state index in [1.165, 1.54) is 5.56 Å². The maximum absolute atomic E-state index is 11.8. The highest BCUT2D eigenvalue weighted by molar-refractivity contribution is 5.80. The molecule has 1 saturated heterocycles. The number of aryl methyl sites for hydroxylation is 2. The minimum Gasteiger partial charge on any atom is -0.450 e. The van der Waals surface area contributed by atoms with Crippen molar-refractivity contribution in [2.24, 2.45) is 4.99 Å². The van der Waals surface area contributed by atoms with E-state index in [0.29, 0.717) is 25.7 Å². The summed E-state index contributed by atoms with van der Waals surface area (Å²) in [7, 11) is 0. The van der Waals surface area contributed by atoms with Crippen LogP contribution in [0.2, 0.25) is 0 Å². The molecule has 1 aliphatic rings. The normalized spacial score (nSPS) is 15.8. The number of nitrogens with zero attached hydrogens (tertiary/aromatic N) is 4. The number of aliphatic imine (C=N–C) groups is 1. The summed E-state index contributed by atoms with van der Waals surface area (Å²) in [5.74, 6) is 0.846. The number of aromatic nitrogens is 2. The Morgan fingerprint density at radius 1 is 1.38 bits per heavy atom. The van der Waals surface area contributed by atoms with Crippen LogP contribution in [0.4, 0.5) is 4.79 Å². The molecule has 1 aliphatic heterocycles. The van der Waals surface area contributed by atoms with E-state index in [-0.39, 0.29) is 6.09 Å². The molecular formula is C18H32N6O2. The molecule has 8 nitrogen and oxygen atoms in total. The summed E-state index contributed by atoms with van der Waals surface area (Å²) in [6.07, 6.45) is 6.45. The van der Waals surface area contributed by atoms with Gasteiger partial charge in [-0.25, -0.2) is 4.79 Å². The molecule has 2 rings (SSSR count). The largest absolute Gasteiger partial charge is 0.450 e. The number of piperidine rings is 1. The van der Waals surface area contributed by atoms with Crippen molar-refractivity contribution in [1.82, 2.24) is 25.3 Å². The maximum atomic E-state index is 11.8. The summed E-state index contributed by atoms with van der Waals surface area (Å²) < 4.78 is 7.02. The molecule has 1 amide bonds. The van der Waals surface area contributed by atoms with Crippen molar-refractivity contribution >= 4 is 12.1 Å². The molecule has 0 spiro atoms. The zero-order chi connectivity index (χ0) is 18.8. The van der Waals surface area contributed by atoms with Crippen LogP contribution in [0.5, 0.6) is 0 Å². The van der Waals surface area contributed by atoms with Crippen LogP contribution in [0.15, 0.2) is 17.4 Å². The van der Waals surface area contributed by atoms with Gasteiger partial charge in [-0.2, -0.15) is 5.10 Å². The van der Waals surface area contributed by atoms with Crippen LogP contribution in [-0.2, 0) is 11.3 Å². The van der Waals surface area contributed by atoms with E-state index in [9.17, 15) is 4.79 Å². The molecule has 0 aliphatic carbocycles. The van der Waals surface area contributed by atoms with E-state index in [4.69, 9.17) is 4.74 Å². The molecule has 0 atom stereocenters. The number of ether oxygens (including phenoxy) is 1. The number of amides is 1. The van der Waals surface area contributed by atoms with Crippen molar-refractivity contribution < 1.29 is 9.53 Å². The Kier molecular flexibility index (Phi) is 8.24. The van der Waals surface area contributed by atoms with Crippen molar-refractivity contribution in [3.63, 3.8) is 0 Å². The van der Waals surface area contributed by atoms with Gasteiger partial charge in [0.15, 0.2) is 5.96 Å². The average molecular weight is 364 g/mol. The van der Waals surface area contributed by atoms with Crippen LogP contribution in [0.3, 0.4) is 0 Å². The average Bonchev–Trinajstić information content (AvgIpc) is 3.05. The van der Waals surface area contributed by atoms with Gasteiger partial charge >= 0.3 is 6.09 Å². The third-order valence-corrected chi connectivity index (χ3v) is 4.28. The number of nitrogens with one attached hydrogen (secondary N) is 2. The number of carbonyl (C=O) groups is 1. The van der Waals surface area contributed by atoms with E-state index < -0.39 is 0 Å². The van der Waals surface area contributed by atoms with Gasteiger partial charge in [-0.1, -0.05) is 0 Å². The zero-order valence-corrected chi connectivity index (χ0v) is 16.2. The van der Waals surface area contributed by atoms with Gasteiger partial charge in [0.05, 0.1) is 12.8 Å². The molecule has 0 bridgehead atoms. The lowest BCUT2D eigenvalue weighted by Gasteiger charge is -2.32. The molecule has 8 heteroatoms. The fourth-order valence-corrected chi connectivity index (χ4v) is 2.95. The minimum atomic E-state index is -0.208. The van der Waals surface area contributed by atoms with Crippen molar-refractivity contribution in [2.75, 3.05) is 32.8 Å². The lowest BCUT2D eigenvalue weighted by molar-refractivity contribution is 0.0963. The number of guanidine groups is 1. The highest BCUT2D eigenvalue weighted by Crippen LogP contribution is 2.11. The van der Waals surface area contributed by atoms with Crippen molar-refractivity contribution in [3.05, 3.63) is 18.0 Å².